The number of rotatable bonds is 4. The first kappa shape index (κ1) is 15.3. The van der Waals surface area contributed by atoms with Gasteiger partial charge in [-0.15, -0.1) is 18.2 Å². The maximum absolute atomic E-state index is 12.2. The number of carbonyl (C=O) groups is 1. The fourth-order valence-corrected chi connectivity index (χ4v) is 2.38. The van der Waals surface area contributed by atoms with Gasteiger partial charge in [0.2, 0.25) is 0 Å². The normalized spacial score (nSPS) is 18.2. The van der Waals surface area contributed by atoms with Gasteiger partial charge in [0.25, 0.3) is 0 Å². The third kappa shape index (κ3) is 4.21. The summed E-state index contributed by atoms with van der Waals surface area (Å²) in [4.78, 5) is 15.9. The van der Waals surface area contributed by atoms with Gasteiger partial charge in [-0.3, -0.25) is 4.79 Å². The second-order valence-electron chi connectivity index (χ2n) is 4.21. The summed E-state index contributed by atoms with van der Waals surface area (Å²) in [6, 6.07) is 3.25. The zero-order valence-electron chi connectivity index (χ0n) is 9.85. The van der Waals surface area contributed by atoms with E-state index in [-0.39, 0.29) is 24.4 Å². The van der Waals surface area contributed by atoms with Crippen molar-refractivity contribution >= 4 is 28.9 Å². The van der Waals surface area contributed by atoms with Gasteiger partial charge in [0.05, 0.1) is 13.1 Å². The molecule has 0 aliphatic carbocycles. The van der Waals surface area contributed by atoms with Crippen LogP contribution in [0, 0.1) is 0 Å². The van der Waals surface area contributed by atoms with Gasteiger partial charge in [-0.1, -0.05) is 0 Å². The molecule has 1 aromatic rings. The summed E-state index contributed by atoms with van der Waals surface area (Å²) in [5.41, 5.74) is -0.00740. The van der Waals surface area contributed by atoms with Gasteiger partial charge in [0, 0.05) is 11.6 Å². The Hall–Kier alpha value is -1.07. The van der Waals surface area contributed by atoms with Crippen LogP contribution in [-0.4, -0.2) is 39.5 Å². The number of carbonyl (C=O) groups excluding carboxylic acids is 1. The standard InChI is InChI=1S/C11H9F3INO4/c12-11(13,14)19-8-1-7(4-17)2-9(3-8)20-16-5-10(15,18)6-16/h1-4,18H,5-6H2. The second kappa shape index (κ2) is 5.37. The van der Waals surface area contributed by atoms with Crippen molar-refractivity contribution in [3.63, 3.8) is 0 Å². The van der Waals surface area contributed by atoms with Gasteiger partial charge < -0.3 is 14.7 Å². The lowest BCUT2D eigenvalue weighted by molar-refractivity contribution is -0.274. The molecule has 1 aliphatic heterocycles. The summed E-state index contributed by atoms with van der Waals surface area (Å²) < 4.78 is 39.3. The Kier molecular flexibility index (Phi) is 4.12. The number of alkyl halides is 4. The van der Waals surface area contributed by atoms with Crippen LogP contribution in [0.25, 0.3) is 0 Å². The number of aliphatic hydroxyl groups is 1. The molecule has 20 heavy (non-hydrogen) atoms. The Morgan fingerprint density at radius 2 is 1.90 bits per heavy atom. The number of ether oxygens (including phenoxy) is 1. The van der Waals surface area contributed by atoms with Crippen molar-refractivity contribution in [2.45, 2.75) is 9.97 Å². The van der Waals surface area contributed by atoms with E-state index in [4.69, 9.17) is 4.84 Å². The number of aldehydes is 1. The zero-order valence-corrected chi connectivity index (χ0v) is 12.0. The van der Waals surface area contributed by atoms with Gasteiger partial charge in [0.1, 0.15) is 15.6 Å². The van der Waals surface area contributed by atoms with Crippen LogP contribution in [0.1, 0.15) is 10.4 Å². The number of hydrogen-bond donors (Lipinski definition) is 1. The molecule has 1 aromatic carbocycles. The molecule has 9 heteroatoms. The van der Waals surface area contributed by atoms with Crippen LogP contribution in [0.5, 0.6) is 11.5 Å². The zero-order chi connectivity index (χ0) is 15.0. The fraction of sp³-hybridized carbons (Fsp3) is 0.364. The van der Waals surface area contributed by atoms with Gasteiger partial charge >= 0.3 is 6.36 Å². The first-order valence-corrected chi connectivity index (χ1v) is 6.45. The molecule has 1 saturated heterocycles. The molecule has 2 rings (SSSR count). The van der Waals surface area contributed by atoms with Crippen molar-refractivity contribution in [2.24, 2.45) is 0 Å². The van der Waals surface area contributed by atoms with Crippen molar-refractivity contribution in [2.75, 3.05) is 13.1 Å². The first-order chi connectivity index (χ1) is 9.17. The summed E-state index contributed by atoms with van der Waals surface area (Å²) >= 11 is 1.83. The van der Waals surface area contributed by atoms with E-state index in [1.54, 1.807) is 0 Å². The highest BCUT2D eigenvalue weighted by Crippen LogP contribution is 2.32. The lowest BCUT2D eigenvalue weighted by atomic mass is 10.2. The minimum Gasteiger partial charge on any atom is -0.406 e. The van der Waals surface area contributed by atoms with Crippen molar-refractivity contribution in [3.05, 3.63) is 23.8 Å². The molecule has 1 fully saturated rings. The van der Waals surface area contributed by atoms with Crippen molar-refractivity contribution in [1.82, 2.24) is 5.06 Å². The van der Waals surface area contributed by atoms with E-state index in [0.29, 0.717) is 6.29 Å². The average Bonchev–Trinajstić information content (AvgIpc) is 2.23. The van der Waals surface area contributed by atoms with Gasteiger partial charge in [-0.25, -0.2) is 0 Å². The molecule has 0 amide bonds. The highest BCUT2D eigenvalue weighted by atomic mass is 127. The minimum atomic E-state index is -4.85. The third-order valence-electron chi connectivity index (χ3n) is 2.34. The lowest BCUT2D eigenvalue weighted by Crippen LogP contribution is -2.58. The largest absolute Gasteiger partial charge is 0.573 e. The molecule has 0 unspecified atom stereocenters. The summed E-state index contributed by atoms with van der Waals surface area (Å²) in [5, 5.41) is 10.9. The van der Waals surface area contributed by atoms with Crippen molar-refractivity contribution in [3.8, 4) is 11.5 Å². The highest BCUT2D eigenvalue weighted by molar-refractivity contribution is 14.1. The Morgan fingerprint density at radius 3 is 2.40 bits per heavy atom. The quantitative estimate of drug-likeness (QED) is 0.475. The van der Waals surface area contributed by atoms with Crippen LogP contribution in [0.4, 0.5) is 13.2 Å². The van der Waals surface area contributed by atoms with E-state index in [1.807, 2.05) is 22.6 Å². The van der Waals surface area contributed by atoms with Crippen molar-refractivity contribution in [1.29, 1.82) is 0 Å². The van der Waals surface area contributed by atoms with E-state index in [2.05, 4.69) is 4.74 Å². The topological polar surface area (TPSA) is 59.0 Å². The number of nitrogens with zero attached hydrogens (tertiary/aromatic N) is 1. The predicted molar refractivity (Wildman–Crippen MR) is 69.7 cm³/mol. The molecule has 110 valence electrons. The van der Waals surface area contributed by atoms with Crippen LogP contribution in [0.2, 0.25) is 0 Å². The molecule has 1 heterocycles. The molecule has 0 saturated carbocycles. The van der Waals surface area contributed by atoms with Gasteiger partial charge in [0.15, 0.2) is 5.75 Å². The molecule has 0 aromatic heterocycles. The molecule has 0 radical (unpaired) electrons. The predicted octanol–water partition coefficient (Wildman–Crippen LogP) is 2.13. The number of β-amino-alcohol motifs (C(OH)–C–C–N with tert-alkyl or cyclic N) is 1. The first-order valence-electron chi connectivity index (χ1n) is 5.37. The molecular formula is C11H9F3INO4. The Labute approximate surface area is 125 Å². The highest BCUT2D eigenvalue weighted by Gasteiger charge is 2.40. The van der Waals surface area contributed by atoms with E-state index in [9.17, 15) is 23.1 Å². The molecule has 0 atom stereocenters. The van der Waals surface area contributed by atoms with E-state index in [1.165, 1.54) is 11.1 Å². The average molecular weight is 403 g/mol. The number of hydroxylamine groups is 2. The summed E-state index contributed by atoms with van der Waals surface area (Å²) in [7, 11) is 0. The number of hydrogen-bond acceptors (Lipinski definition) is 5. The maximum atomic E-state index is 12.2. The number of benzene rings is 1. The third-order valence-corrected chi connectivity index (χ3v) is 3.03. The van der Waals surface area contributed by atoms with Gasteiger partial charge in [-0.2, -0.15) is 0 Å². The second-order valence-corrected chi connectivity index (χ2v) is 6.22. The summed E-state index contributed by atoms with van der Waals surface area (Å²) in [6.45, 7) is 0.405. The van der Waals surface area contributed by atoms with Crippen LogP contribution in [-0.2, 0) is 0 Å². The van der Waals surface area contributed by atoms with Crippen LogP contribution in [0.3, 0.4) is 0 Å². The molecule has 0 spiro atoms. The van der Waals surface area contributed by atoms with Crippen LogP contribution >= 0.6 is 22.6 Å². The van der Waals surface area contributed by atoms with E-state index < -0.39 is 15.7 Å². The van der Waals surface area contributed by atoms with Crippen LogP contribution in [0.15, 0.2) is 18.2 Å². The van der Waals surface area contributed by atoms with E-state index in [0.717, 1.165) is 12.1 Å². The molecular weight excluding hydrogens is 394 g/mol. The van der Waals surface area contributed by atoms with Gasteiger partial charge in [-0.05, 0) is 34.7 Å². The maximum Gasteiger partial charge on any atom is 0.573 e. The molecule has 1 N–H and O–H groups in total. The Balaban J connectivity index is 2.12. The SMILES string of the molecule is O=Cc1cc(ON2CC(O)(I)C2)cc(OC(F)(F)F)c1. The monoisotopic (exact) mass is 403 g/mol. The lowest BCUT2D eigenvalue weighted by Gasteiger charge is -2.40. The Morgan fingerprint density at radius 1 is 1.30 bits per heavy atom. The molecule has 5 nitrogen and oxygen atoms in total. The Bertz CT molecular complexity index is 513. The van der Waals surface area contributed by atoms with Crippen LogP contribution < -0.4 is 9.57 Å². The fourth-order valence-electron chi connectivity index (χ4n) is 1.61. The molecule has 1 aliphatic rings. The van der Waals surface area contributed by atoms with E-state index >= 15 is 0 Å². The minimum absolute atomic E-state index is 0.00740. The summed E-state index contributed by atoms with van der Waals surface area (Å²) in [6.07, 6.45) is -4.46. The van der Waals surface area contributed by atoms with Crippen molar-refractivity contribution < 1.29 is 32.6 Å². The molecule has 0 bridgehead atoms. The summed E-state index contributed by atoms with van der Waals surface area (Å²) in [5.74, 6) is -0.511. The number of halogens is 4. The smallest absolute Gasteiger partial charge is 0.406 e.